The summed E-state index contributed by atoms with van der Waals surface area (Å²) in [6.07, 6.45) is 1.01. The number of aliphatic hydroxyl groups is 1. The molecule has 0 aliphatic heterocycles. The van der Waals surface area contributed by atoms with Crippen molar-refractivity contribution in [2.75, 3.05) is 20.1 Å². The first-order valence-corrected chi connectivity index (χ1v) is 4.39. The van der Waals surface area contributed by atoms with E-state index in [0.29, 0.717) is 0 Å². The molecule has 2 nitrogen and oxygen atoms in total. The van der Waals surface area contributed by atoms with E-state index in [1.165, 1.54) is 6.42 Å². The first kappa shape index (κ1) is 10.9. The van der Waals surface area contributed by atoms with Gasteiger partial charge < -0.3 is 10.0 Å². The molecule has 0 bridgehead atoms. The Balaban J connectivity index is 3.29. The molecule has 0 unspecified atom stereocenters. The molecule has 0 aromatic carbocycles. The summed E-state index contributed by atoms with van der Waals surface area (Å²) in [4.78, 5) is 2.17. The van der Waals surface area contributed by atoms with Gasteiger partial charge in [-0.25, -0.2) is 0 Å². The van der Waals surface area contributed by atoms with Crippen LogP contribution in [0, 0.1) is 5.92 Å². The van der Waals surface area contributed by atoms with Crippen LogP contribution in [0.3, 0.4) is 0 Å². The van der Waals surface area contributed by atoms with Crippen LogP contribution in [-0.4, -0.2) is 36.2 Å². The molecule has 0 aliphatic carbocycles. The molecule has 0 amide bonds. The maximum atomic E-state index is 9.05. The Labute approximate surface area is 70.2 Å². The Bertz CT molecular complexity index is 91.6. The Kier molecular flexibility index (Phi) is 5.51. The van der Waals surface area contributed by atoms with E-state index in [9.17, 15) is 0 Å². The minimum absolute atomic E-state index is 0.202. The lowest BCUT2D eigenvalue weighted by Gasteiger charge is -2.18. The number of likely N-dealkylation sites (N-methyl/N-ethyl adjacent to an activating group) is 1. The zero-order chi connectivity index (χ0) is 8.85. The van der Waals surface area contributed by atoms with E-state index in [2.05, 4.69) is 25.8 Å². The molecule has 0 aliphatic rings. The fraction of sp³-hybridized carbons (Fsp3) is 1.00. The van der Waals surface area contributed by atoms with Crippen LogP contribution in [0.1, 0.15) is 27.2 Å². The van der Waals surface area contributed by atoms with Crippen LogP contribution in [0.4, 0.5) is 0 Å². The largest absolute Gasteiger partial charge is 0.392 e. The molecule has 0 aromatic rings. The van der Waals surface area contributed by atoms with E-state index in [1.54, 1.807) is 0 Å². The normalized spacial score (nSPS) is 14.5. The third-order valence-corrected chi connectivity index (χ3v) is 1.66. The number of rotatable bonds is 5. The summed E-state index contributed by atoms with van der Waals surface area (Å²) in [6.45, 7) is 8.13. The van der Waals surface area contributed by atoms with E-state index >= 15 is 0 Å². The highest BCUT2D eigenvalue weighted by molar-refractivity contribution is 4.57. The molecule has 0 spiro atoms. The van der Waals surface area contributed by atoms with Gasteiger partial charge >= 0.3 is 0 Å². The van der Waals surface area contributed by atoms with Crippen molar-refractivity contribution in [3.8, 4) is 0 Å². The van der Waals surface area contributed by atoms with Gasteiger partial charge in [0.2, 0.25) is 0 Å². The lowest BCUT2D eigenvalue weighted by Crippen LogP contribution is -2.28. The molecule has 68 valence electrons. The van der Waals surface area contributed by atoms with Crippen molar-refractivity contribution in [1.82, 2.24) is 4.90 Å². The van der Waals surface area contributed by atoms with Crippen molar-refractivity contribution >= 4 is 0 Å². The highest BCUT2D eigenvalue weighted by atomic mass is 16.3. The molecule has 0 saturated carbocycles. The highest BCUT2D eigenvalue weighted by Gasteiger charge is 2.02. The quantitative estimate of drug-likeness (QED) is 0.654. The van der Waals surface area contributed by atoms with Crippen molar-refractivity contribution < 1.29 is 5.11 Å². The van der Waals surface area contributed by atoms with Gasteiger partial charge in [-0.2, -0.15) is 0 Å². The minimum atomic E-state index is -0.202. The van der Waals surface area contributed by atoms with Gasteiger partial charge in [0, 0.05) is 6.54 Å². The zero-order valence-electron chi connectivity index (χ0n) is 8.17. The zero-order valence-corrected chi connectivity index (χ0v) is 8.17. The Morgan fingerprint density at radius 1 is 1.27 bits per heavy atom. The average Bonchev–Trinajstić information content (AvgIpc) is 1.82. The van der Waals surface area contributed by atoms with Crippen molar-refractivity contribution in [3.05, 3.63) is 0 Å². The number of hydrogen-bond donors (Lipinski definition) is 1. The van der Waals surface area contributed by atoms with Crippen molar-refractivity contribution in [2.45, 2.75) is 33.3 Å². The summed E-state index contributed by atoms with van der Waals surface area (Å²) in [6, 6.07) is 0. The summed E-state index contributed by atoms with van der Waals surface area (Å²) in [5, 5.41) is 9.05. The van der Waals surface area contributed by atoms with E-state index in [0.717, 1.165) is 19.0 Å². The van der Waals surface area contributed by atoms with Crippen LogP contribution in [0.5, 0.6) is 0 Å². The summed E-state index contributed by atoms with van der Waals surface area (Å²) < 4.78 is 0. The second kappa shape index (κ2) is 5.56. The first-order valence-electron chi connectivity index (χ1n) is 4.39. The van der Waals surface area contributed by atoms with Gasteiger partial charge in [0.1, 0.15) is 0 Å². The van der Waals surface area contributed by atoms with Crippen molar-refractivity contribution in [2.24, 2.45) is 5.92 Å². The third-order valence-electron chi connectivity index (χ3n) is 1.66. The van der Waals surface area contributed by atoms with Crippen LogP contribution in [0.15, 0.2) is 0 Å². The third kappa shape index (κ3) is 7.82. The summed E-state index contributed by atoms with van der Waals surface area (Å²) in [7, 11) is 2.05. The van der Waals surface area contributed by atoms with Gasteiger partial charge in [-0.15, -0.1) is 0 Å². The van der Waals surface area contributed by atoms with Crippen LogP contribution in [-0.2, 0) is 0 Å². The molecule has 0 saturated heterocycles. The fourth-order valence-electron chi connectivity index (χ4n) is 1.02. The highest BCUT2D eigenvalue weighted by Crippen LogP contribution is 2.00. The maximum Gasteiger partial charge on any atom is 0.0638 e. The van der Waals surface area contributed by atoms with Gasteiger partial charge in [0.15, 0.2) is 0 Å². The van der Waals surface area contributed by atoms with Crippen molar-refractivity contribution in [1.29, 1.82) is 0 Å². The van der Waals surface area contributed by atoms with Gasteiger partial charge in [-0.05, 0) is 32.9 Å². The van der Waals surface area contributed by atoms with Crippen LogP contribution in [0.25, 0.3) is 0 Å². The van der Waals surface area contributed by atoms with Gasteiger partial charge in [0.05, 0.1) is 6.10 Å². The second-order valence-electron chi connectivity index (χ2n) is 3.79. The van der Waals surface area contributed by atoms with Crippen molar-refractivity contribution in [3.63, 3.8) is 0 Å². The Hall–Kier alpha value is -0.0800. The second-order valence-corrected chi connectivity index (χ2v) is 3.79. The summed E-state index contributed by atoms with van der Waals surface area (Å²) in [5.74, 6) is 0.756. The monoisotopic (exact) mass is 159 g/mol. The number of hydrogen-bond acceptors (Lipinski definition) is 2. The van der Waals surface area contributed by atoms with E-state index in [-0.39, 0.29) is 6.10 Å². The van der Waals surface area contributed by atoms with Gasteiger partial charge in [0.25, 0.3) is 0 Å². The molecule has 1 atom stereocenters. The molecule has 0 aromatic heterocycles. The molecular weight excluding hydrogens is 138 g/mol. The van der Waals surface area contributed by atoms with E-state index in [4.69, 9.17) is 5.11 Å². The minimum Gasteiger partial charge on any atom is -0.392 e. The molecular formula is C9H21NO. The number of nitrogens with zero attached hydrogens (tertiary/aromatic N) is 1. The summed E-state index contributed by atoms with van der Waals surface area (Å²) in [5.41, 5.74) is 0. The molecule has 0 radical (unpaired) electrons. The topological polar surface area (TPSA) is 23.5 Å². The van der Waals surface area contributed by atoms with E-state index < -0.39 is 0 Å². The SMILES string of the molecule is CC(C)CCN(C)C[C@H](C)O. The van der Waals surface area contributed by atoms with Crippen LogP contribution in [0.2, 0.25) is 0 Å². The number of aliphatic hydroxyl groups excluding tert-OH is 1. The molecule has 0 fully saturated rings. The maximum absolute atomic E-state index is 9.05. The van der Waals surface area contributed by atoms with Gasteiger partial charge in [-0.3, -0.25) is 0 Å². The molecule has 11 heavy (non-hydrogen) atoms. The van der Waals surface area contributed by atoms with Crippen LogP contribution >= 0.6 is 0 Å². The molecule has 2 heteroatoms. The first-order chi connectivity index (χ1) is 5.02. The smallest absolute Gasteiger partial charge is 0.0638 e. The molecule has 0 heterocycles. The average molecular weight is 159 g/mol. The molecule has 0 rings (SSSR count). The predicted octanol–water partition coefficient (Wildman–Crippen LogP) is 1.35. The van der Waals surface area contributed by atoms with Gasteiger partial charge in [-0.1, -0.05) is 13.8 Å². The lowest BCUT2D eigenvalue weighted by atomic mass is 10.1. The standard InChI is InChI=1S/C9H21NO/c1-8(2)5-6-10(4)7-9(3)11/h8-9,11H,5-7H2,1-4H3/t9-/m0/s1. The van der Waals surface area contributed by atoms with Crippen LogP contribution < -0.4 is 0 Å². The Morgan fingerprint density at radius 3 is 2.18 bits per heavy atom. The summed E-state index contributed by atoms with van der Waals surface area (Å²) >= 11 is 0. The van der Waals surface area contributed by atoms with E-state index in [1.807, 2.05) is 6.92 Å². The predicted molar refractivity (Wildman–Crippen MR) is 48.6 cm³/mol. The molecule has 1 N–H and O–H groups in total. The lowest BCUT2D eigenvalue weighted by molar-refractivity contribution is 0.138. The fourth-order valence-corrected chi connectivity index (χ4v) is 1.02. The Morgan fingerprint density at radius 2 is 1.82 bits per heavy atom.